The van der Waals surface area contributed by atoms with Crippen LogP contribution in [0.1, 0.15) is 35.2 Å². The van der Waals surface area contributed by atoms with Gasteiger partial charge in [-0.2, -0.15) is 5.10 Å². The third-order valence-electron chi connectivity index (χ3n) is 5.93. The number of benzene rings is 3. The Kier molecular flexibility index (Phi) is 3.81. The van der Waals surface area contributed by atoms with Gasteiger partial charge < -0.3 is 5.32 Å². The van der Waals surface area contributed by atoms with Gasteiger partial charge in [0.25, 0.3) is 0 Å². The van der Waals surface area contributed by atoms with Gasteiger partial charge in [-0.1, -0.05) is 54.1 Å². The van der Waals surface area contributed by atoms with Gasteiger partial charge in [0.05, 0.1) is 11.0 Å². The maximum atomic E-state index is 4.97. The Hall–Kier alpha value is -3.73. The molecule has 1 fully saturated rings. The van der Waals surface area contributed by atoms with Crippen molar-refractivity contribution in [3.63, 3.8) is 0 Å². The quantitative estimate of drug-likeness (QED) is 0.404. The zero-order valence-electron chi connectivity index (χ0n) is 16.6. The van der Waals surface area contributed by atoms with E-state index in [0.29, 0.717) is 11.8 Å². The van der Waals surface area contributed by atoms with Gasteiger partial charge in [-0.3, -0.25) is 5.10 Å². The van der Waals surface area contributed by atoms with Crippen LogP contribution in [0, 0.1) is 6.92 Å². The van der Waals surface area contributed by atoms with Gasteiger partial charge in [0.2, 0.25) is 0 Å². The van der Waals surface area contributed by atoms with Gasteiger partial charge in [0.15, 0.2) is 5.82 Å². The minimum Gasteiger partial charge on any atom is -0.322 e. The number of para-hydroxylation sites is 1. The smallest absolute Gasteiger partial charge is 0.161 e. The zero-order valence-corrected chi connectivity index (χ0v) is 16.6. The Morgan fingerprint density at radius 1 is 0.833 bits per heavy atom. The van der Waals surface area contributed by atoms with E-state index in [2.05, 4.69) is 83.1 Å². The number of aromatic amines is 1. The number of hydrogen-bond donors (Lipinski definition) is 2. The normalized spacial score (nSPS) is 18.0. The lowest BCUT2D eigenvalue weighted by Gasteiger charge is -2.10. The van der Waals surface area contributed by atoms with E-state index in [-0.39, 0.29) is 0 Å². The fourth-order valence-electron chi connectivity index (χ4n) is 4.24. The predicted octanol–water partition coefficient (Wildman–Crippen LogP) is 5.83. The molecule has 146 valence electrons. The second kappa shape index (κ2) is 6.66. The molecule has 0 bridgehead atoms. The van der Waals surface area contributed by atoms with Crippen molar-refractivity contribution in [1.82, 2.24) is 20.2 Å². The van der Waals surface area contributed by atoms with E-state index in [1.165, 1.54) is 11.1 Å². The first-order valence-electron chi connectivity index (χ1n) is 10.3. The van der Waals surface area contributed by atoms with Crippen molar-refractivity contribution in [3.05, 3.63) is 89.7 Å². The van der Waals surface area contributed by atoms with Crippen LogP contribution in [0.15, 0.2) is 72.8 Å². The van der Waals surface area contributed by atoms with E-state index in [1.807, 2.05) is 12.1 Å². The summed E-state index contributed by atoms with van der Waals surface area (Å²) in [6, 6.07) is 25.1. The summed E-state index contributed by atoms with van der Waals surface area (Å²) >= 11 is 0. The number of H-pyrrole nitrogens is 1. The fraction of sp³-hybridized carbons (Fsp3) is 0.160. The molecule has 5 nitrogen and oxygen atoms in total. The Bertz CT molecular complexity index is 1370. The largest absolute Gasteiger partial charge is 0.322 e. The molecule has 1 saturated carbocycles. The number of aryl methyl sites for hydroxylation is 1. The number of hydrogen-bond acceptors (Lipinski definition) is 4. The summed E-state index contributed by atoms with van der Waals surface area (Å²) in [5.41, 5.74) is 4.53. The van der Waals surface area contributed by atoms with Crippen molar-refractivity contribution in [2.75, 3.05) is 5.32 Å². The minimum absolute atomic E-state index is 0.357. The monoisotopic (exact) mass is 391 g/mol. The summed E-state index contributed by atoms with van der Waals surface area (Å²) in [5, 5.41) is 13.1. The highest BCUT2D eigenvalue weighted by Crippen LogP contribution is 2.53. The van der Waals surface area contributed by atoms with Crippen LogP contribution in [0.25, 0.3) is 21.8 Å². The SMILES string of the molecule is Cc1ccc2[nH]nc(Nc3nc(C4CC4c4ccccc4)nc4ccccc34)c2c1. The molecule has 2 aromatic heterocycles. The molecule has 2 atom stereocenters. The van der Waals surface area contributed by atoms with Crippen LogP contribution in [0.2, 0.25) is 0 Å². The summed E-state index contributed by atoms with van der Waals surface area (Å²) in [7, 11) is 0. The molecule has 2 N–H and O–H groups in total. The van der Waals surface area contributed by atoms with E-state index in [1.54, 1.807) is 0 Å². The summed E-state index contributed by atoms with van der Waals surface area (Å²) in [6.45, 7) is 2.09. The van der Waals surface area contributed by atoms with Crippen molar-refractivity contribution in [1.29, 1.82) is 0 Å². The molecule has 2 unspecified atom stereocenters. The highest BCUT2D eigenvalue weighted by atomic mass is 15.2. The van der Waals surface area contributed by atoms with Gasteiger partial charge in [0.1, 0.15) is 11.6 Å². The predicted molar refractivity (Wildman–Crippen MR) is 120 cm³/mol. The Labute approximate surface area is 174 Å². The van der Waals surface area contributed by atoms with Crippen molar-refractivity contribution in [3.8, 4) is 0 Å². The van der Waals surface area contributed by atoms with Crippen molar-refractivity contribution < 1.29 is 0 Å². The zero-order chi connectivity index (χ0) is 20.1. The molecule has 1 aliphatic rings. The molecule has 0 aliphatic heterocycles. The topological polar surface area (TPSA) is 66.5 Å². The first kappa shape index (κ1) is 17.2. The number of rotatable bonds is 4. The first-order valence-corrected chi connectivity index (χ1v) is 10.3. The van der Waals surface area contributed by atoms with Gasteiger partial charge in [0, 0.05) is 16.7 Å². The molecular weight excluding hydrogens is 370 g/mol. The van der Waals surface area contributed by atoms with Crippen LogP contribution in [-0.2, 0) is 0 Å². The third-order valence-corrected chi connectivity index (χ3v) is 5.93. The Morgan fingerprint density at radius 2 is 1.67 bits per heavy atom. The fourth-order valence-corrected chi connectivity index (χ4v) is 4.24. The highest BCUT2D eigenvalue weighted by Gasteiger charge is 2.42. The van der Waals surface area contributed by atoms with Gasteiger partial charge in [-0.25, -0.2) is 9.97 Å². The summed E-state index contributed by atoms with van der Waals surface area (Å²) in [6.07, 6.45) is 1.09. The molecule has 30 heavy (non-hydrogen) atoms. The lowest BCUT2D eigenvalue weighted by molar-refractivity contribution is 0.912. The van der Waals surface area contributed by atoms with Crippen molar-refractivity contribution in [2.45, 2.75) is 25.2 Å². The summed E-state index contributed by atoms with van der Waals surface area (Å²) in [5.74, 6) is 3.36. The van der Waals surface area contributed by atoms with Crippen LogP contribution in [0.4, 0.5) is 11.6 Å². The standard InChI is InChI=1S/C25H21N5/c1-15-11-12-22-20(13-15)25(30-29-22)28-23-17-9-5-6-10-21(17)26-24(27-23)19-14-18(19)16-7-3-2-4-8-16/h2-13,18-19H,14H2,1H3,(H2,26,27,28,29,30). The van der Waals surface area contributed by atoms with Crippen LogP contribution < -0.4 is 5.32 Å². The highest BCUT2D eigenvalue weighted by molar-refractivity contribution is 5.96. The summed E-state index contributed by atoms with van der Waals surface area (Å²) in [4.78, 5) is 9.87. The average Bonchev–Trinajstić information content (AvgIpc) is 3.50. The lowest BCUT2D eigenvalue weighted by Crippen LogP contribution is -2.02. The average molecular weight is 391 g/mol. The van der Waals surface area contributed by atoms with E-state index in [9.17, 15) is 0 Å². The Morgan fingerprint density at radius 3 is 2.57 bits per heavy atom. The maximum absolute atomic E-state index is 4.97. The third kappa shape index (κ3) is 2.90. The molecule has 5 aromatic rings. The van der Waals surface area contributed by atoms with Crippen LogP contribution in [0.3, 0.4) is 0 Å². The molecule has 1 aliphatic carbocycles. The van der Waals surface area contributed by atoms with E-state index in [0.717, 1.165) is 45.7 Å². The van der Waals surface area contributed by atoms with Crippen LogP contribution >= 0.6 is 0 Å². The number of nitrogens with zero attached hydrogens (tertiary/aromatic N) is 3. The van der Waals surface area contributed by atoms with Crippen LogP contribution in [-0.4, -0.2) is 20.2 Å². The lowest BCUT2D eigenvalue weighted by atomic mass is 10.1. The van der Waals surface area contributed by atoms with E-state index < -0.39 is 0 Å². The van der Waals surface area contributed by atoms with E-state index >= 15 is 0 Å². The van der Waals surface area contributed by atoms with Crippen LogP contribution in [0.5, 0.6) is 0 Å². The number of aromatic nitrogens is 4. The molecule has 0 spiro atoms. The van der Waals surface area contributed by atoms with Gasteiger partial charge >= 0.3 is 0 Å². The molecule has 2 heterocycles. The Balaban J connectivity index is 1.42. The maximum Gasteiger partial charge on any atom is 0.161 e. The molecule has 6 rings (SSSR count). The molecule has 5 heteroatoms. The van der Waals surface area contributed by atoms with Gasteiger partial charge in [-0.15, -0.1) is 0 Å². The molecule has 3 aromatic carbocycles. The number of anilines is 2. The minimum atomic E-state index is 0.357. The molecule has 0 radical (unpaired) electrons. The van der Waals surface area contributed by atoms with Crippen molar-refractivity contribution in [2.24, 2.45) is 0 Å². The van der Waals surface area contributed by atoms with E-state index in [4.69, 9.17) is 9.97 Å². The van der Waals surface area contributed by atoms with Crippen molar-refractivity contribution >= 4 is 33.4 Å². The number of fused-ring (bicyclic) bond motifs is 2. The second-order valence-electron chi connectivity index (χ2n) is 8.05. The second-order valence-corrected chi connectivity index (χ2v) is 8.05. The number of nitrogens with one attached hydrogen (secondary N) is 2. The molecular formula is C25H21N5. The molecule has 0 amide bonds. The van der Waals surface area contributed by atoms with Gasteiger partial charge in [-0.05, 0) is 49.1 Å². The first-order chi connectivity index (χ1) is 14.8. The summed E-state index contributed by atoms with van der Waals surface area (Å²) < 4.78 is 0. The molecule has 0 saturated heterocycles.